The average Bonchev–Trinajstić information content (AvgIpc) is 2.43. The highest BCUT2D eigenvalue weighted by Gasteiger charge is 2.02. The summed E-state index contributed by atoms with van der Waals surface area (Å²) >= 11 is 5.95. The summed E-state index contributed by atoms with van der Waals surface area (Å²) < 4.78 is 5.09. The van der Waals surface area contributed by atoms with Gasteiger partial charge in [0.1, 0.15) is 10.9 Å². The molecular weight excluding hydrogens is 262 g/mol. The maximum atomic E-state index is 5.95. The summed E-state index contributed by atoms with van der Waals surface area (Å²) in [4.78, 5) is 8.28. The van der Waals surface area contributed by atoms with Crippen molar-refractivity contribution in [3.05, 3.63) is 52.8 Å². The van der Waals surface area contributed by atoms with Crippen molar-refractivity contribution >= 4 is 23.5 Å². The van der Waals surface area contributed by atoms with Crippen LogP contribution in [0.25, 0.3) is 0 Å². The van der Waals surface area contributed by atoms with Gasteiger partial charge in [-0.25, -0.2) is 4.98 Å². The van der Waals surface area contributed by atoms with Gasteiger partial charge in [0.25, 0.3) is 0 Å². The van der Waals surface area contributed by atoms with Crippen LogP contribution in [-0.4, -0.2) is 18.3 Å². The molecule has 1 heterocycles. The summed E-state index contributed by atoms with van der Waals surface area (Å²) in [6, 6.07) is 9.42. The van der Waals surface area contributed by atoms with E-state index >= 15 is 0 Å². The van der Waals surface area contributed by atoms with E-state index in [0.717, 1.165) is 11.3 Å². The first-order valence-electron chi connectivity index (χ1n) is 5.73. The van der Waals surface area contributed by atoms with E-state index in [1.807, 2.05) is 24.3 Å². The van der Waals surface area contributed by atoms with Gasteiger partial charge in [-0.15, -0.1) is 0 Å². The minimum Gasteiger partial charge on any atom is -0.497 e. The first-order valence-corrected chi connectivity index (χ1v) is 6.11. The monoisotopic (exact) mass is 275 g/mol. The lowest BCUT2D eigenvalue weighted by Crippen LogP contribution is -1.96. The molecule has 1 aromatic heterocycles. The van der Waals surface area contributed by atoms with Crippen molar-refractivity contribution in [2.24, 2.45) is 4.99 Å². The lowest BCUT2D eigenvalue weighted by molar-refractivity contribution is 0.414. The van der Waals surface area contributed by atoms with Crippen molar-refractivity contribution in [1.29, 1.82) is 0 Å². The number of hydrogen-bond acceptors (Lipinski definition) is 4. The third kappa shape index (κ3) is 3.45. The summed E-state index contributed by atoms with van der Waals surface area (Å²) in [5.74, 6) is 0.826. The molecule has 0 unspecified atom stereocenters. The van der Waals surface area contributed by atoms with Crippen LogP contribution in [0.1, 0.15) is 11.1 Å². The van der Waals surface area contributed by atoms with Gasteiger partial charge in [-0.3, -0.25) is 4.99 Å². The number of nitrogens with two attached hydrogens (primary N) is 1. The number of halogens is 1. The zero-order valence-corrected chi connectivity index (χ0v) is 11.3. The van der Waals surface area contributed by atoms with Crippen molar-refractivity contribution < 1.29 is 4.74 Å². The highest BCUT2D eigenvalue weighted by atomic mass is 35.5. The van der Waals surface area contributed by atoms with Crippen LogP contribution in [0, 0.1) is 0 Å². The van der Waals surface area contributed by atoms with Gasteiger partial charge in [-0.2, -0.15) is 0 Å². The van der Waals surface area contributed by atoms with E-state index in [4.69, 9.17) is 22.1 Å². The SMILES string of the molecule is COc1ccc(CN=Cc2c(N)ccnc2Cl)cc1. The summed E-state index contributed by atoms with van der Waals surface area (Å²) in [6.45, 7) is 0.550. The quantitative estimate of drug-likeness (QED) is 0.689. The van der Waals surface area contributed by atoms with Gasteiger partial charge in [0.2, 0.25) is 0 Å². The van der Waals surface area contributed by atoms with Crippen molar-refractivity contribution in [2.45, 2.75) is 6.54 Å². The molecule has 4 nitrogen and oxygen atoms in total. The first-order chi connectivity index (χ1) is 9.20. The number of ether oxygens (including phenoxy) is 1. The van der Waals surface area contributed by atoms with Gasteiger partial charge in [0, 0.05) is 18.1 Å². The molecular formula is C14H14ClN3O. The van der Waals surface area contributed by atoms with E-state index in [2.05, 4.69) is 9.98 Å². The lowest BCUT2D eigenvalue weighted by atomic mass is 10.2. The second kappa shape index (κ2) is 6.20. The topological polar surface area (TPSA) is 60.5 Å². The van der Waals surface area contributed by atoms with E-state index in [9.17, 15) is 0 Å². The van der Waals surface area contributed by atoms with Gasteiger partial charge < -0.3 is 10.5 Å². The predicted molar refractivity (Wildman–Crippen MR) is 78.0 cm³/mol. The number of methoxy groups -OCH3 is 1. The number of rotatable bonds is 4. The Hall–Kier alpha value is -2.07. The lowest BCUT2D eigenvalue weighted by Gasteiger charge is -2.02. The van der Waals surface area contributed by atoms with E-state index < -0.39 is 0 Å². The molecule has 2 aromatic rings. The minimum absolute atomic E-state index is 0.360. The standard InChI is InChI=1S/C14H14ClN3O/c1-19-11-4-2-10(3-5-11)8-17-9-12-13(16)6-7-18-14(12)15/h2-7,9H,8H2,1H3,(H2,16,18). The molecule has 0 fully saturated rings. The Kier molecular flexibility index (Phi) is 4.36. The molecule has 0 aliphatic carbocycles. The highest BCUT2D eigenvalue weighted by molar-refractivity contribution is 6.32. The molecule has 0 aliphatic rings. The molecule has 0 saturated heterocycles. The summed E-state index contributed by atoms with van der Waals surface area (Å²) in [5, 5.41) is 0.360. The highest BCUT2D eigenvalue weighted by Crippen LogP contribution is 2.17. The molecule has 1 aromatic carbocycles. The normalized spacial score (nSPS) is 10.8. The van der Waals surface area contributed by atoms with Crippen LogP contribution in [0.15, 0.2) is 41.5 Å². The van der Waals surface area contributed by atoms with Crippen LogP contribution in [0.5, 0.6) is 5.75 Å². The number of nitrogen functional groups attached to an aromatic ring is 1. The number of benzene rings is 1. The van der Waals surface area contributed by atoms with Crippen LogP contribution >= 0.6 is 11.6 Å². The molecule has 0 aliphatic heterocycles. The fourth-order valence-electron chi connectivity index (χ4n) is 1.56. The number of anilines is 1. The van der Waals surface area contributed by atoms with Crippen molar-refractivity contribution in [3.8, 4) is 5.75 Å². The molecule has 98 valence electrons. The van der Waals surface area contributed by atoms with E-state index in [1.165, 1.54) is 0 Å². The average molecular weight is 276 g/mol. The van der Waals surface area contributed by atoms with Crippen LogP contribution in [0.2, 0.25) is 5.15 Å². The molecule has 0 radical (unpaired) electrons. The molecule has 0 amide bonds. The van der Waals surface area contributed by atoms with Gasteiger partial charge in [-0.05, 0) is 23.8 Å². The number of nitrogens with zero attached hydrogens (tertiary/aromatic N) is 2. The van der Waals surface area contributed by atoms with Crippen LogP contribution in [0.4, 0.5) is 5.69 Å². The Labute approximate surface area is 116 Å². The number of hydrogen-bond donors (Lipinski definition) is 1. The molecule has 2 N–H and O–H groups in total. The minimum atomic E-state index is 0.360. The molecule has 0 spiro atoms. The molecule has 5 heteroatoms. The Morgan fingerprint density at radius 2 is 2.05 bits per heavy atom. The Morgan fingerprint density at radius 1 is 1.32 bits per heavy atom. The van der Waals surface area contributed by atoms with Crippen molar-refractivity contribution in [2.75, 3.05) is 12.8 Å². The smallest absolute Gasteiger partial charge is 0.139 e. The first kappa shape index (κ1) is 13.4. The molecule has 0 atom stereocenters. The van der Waals surface area contributed by atoms with Crippen molar-refractivity contribution in [3.63, 3.8) is 0 Å². The maximum Gasteiger partial charge on any atom is 0.139 e. The second-order valence-electron chi connectivity index (χ2n) is 3.92. The Morgan fingerprint density at radius 3 is 2.68 bits per heavy atom. The van der Waals surface area contributed by atoms with E-state index in [-0.39, 0.29) is 0 Å². The molecule has 0 bridgehead atoms. The van der Waals surface area contributed by atoms with Crippen LogP contribution in [0.3, 0.4) is 0 Å². The van der Waals surface area contributed by atoms with Gasteiger partial charge in [0.15, 0.2) is 0 Å². The molecule has 19 heavy (non-hydrogen) atoms. The van der Waals surface area contributed by atoms with Crippen LogP contribution < -0.4 is 10.5 Å². The zero-order valence-electron chi connectivity index (χ0n) is 10.5. The van der Waals surface area contributed by atoms with E-state index in [1.54, 1.807) is 25.6 Å². The van der Waals surface area contributed by atoms with Gasteiger partial charge >= 0.3 is 0 Å². The van der Waals surface area contributed by atoms with Crippen molar-refractivity contribution in [1.82, 2.24) is 4.98 Å². The van der Waals surface area contributed by atoms with Gasteiger partial charge in [0.05, 0.1) is 19.2 Å². The maximum absolute atomic E-state index is 5.95. The van der Waals surface area contributed by atoms with Crippen LogP contribution in [-0.2, 0) is 6.54 Å². The second-order valence-corrected chi connectivity index (χ2v) is 4.28. The fourth-order valence-corrected chi connectivity index (χ4v) is 1.78. The zero-order chi connectivity index (χ0) is 13.7. The molecule has 2 rings (SSSR count). The molecule has 0 saturated carbocycles. The summed E-state index contributed by atoms with van der Waals surface area (Å²) in [7, 11) is 1.64. The number of aliphatic imine (C=N–C) groups is 1. The fraction of sp³-hybridized carbons (Fsp3) is 0.143. The summed E-state index contributed by atoms with van der Waals surface area (Å²) in [5.41, 5.74) is 8.10. The number of pyridine rings is 1. The number of aromatic nitrogens is 1. The Bertz CT molecular complexity index is 561. The third-order valence-corrected chi connectivity index (χ3v) is 2.93. The Balaban J connectivity index is 2.07. The largest absolute Gasteiger partial charge is 0.497 e. The van der Waals surface area contributed by atoms with E-state index in [0.29, 0.717) is 22.9 Å². The predicted octanol–water partition coefficient (Wildman–Crippen LogP) is 2.94. The van der Waals surface area contributed by atoms with Gasteiger partial charge in [-0.1, -0.05) is 23.7 Å². The summed E-state index contributed by atoms with van der Waals surface area (Å²) in [6.07, 6.45) is 3.22. The third-order valence-electron chi connectivity index (χ3n) is 2.63.